The molecule has 0 amide bonds. The van der Waals surface area contributed by atoms with Gasteiger partial charge in [-0.25, -0.2) is 4.98 Å². The molecular weight excluding hydrogens is 406 g/mol. The molecule has 5 heterocycles. The summed E-state index contributed by atoms with van der Waals surface area (Å²) in [5, 5.41) is 32.9. The van der Waals surface area contributed by atoms with Gasteiger partial charge in [-0.2, -0.15) is 5.10 Å². The lowest BCUT2D eigenvalue weighted by molar-refractivity contribution is 0.0480. The van der Waals surface area contributed by atoms with Gasteiger partial charge in [0.05, 0.1) is 31.0 Å². The van der Waals surface area contributed by atoms with E-state index in [1.165, 1.54) is 6.21 Å². The van der Waals surface area contributed by atoms with E-state index in [4.69, 9.17) is 15.1 Å². The molecule has 0 aromatic carbocycles. The maximum absolute atomic E-state index is 11.2. The fourth-order valence-electron chi connectivity index (χ4n) is 4.96. The van der Waals surface area contributed by atoms with Crippen LogP contribution >= 0.6 is 0 Å². The number of piperidine rings is 1. The molecule has 3 atom stereocenters. The van der Waals surface area contributed by atoms with Gasteiger partial charge in [0.15, 0.2) is 0 Å². The first-order chi connectivity index (χ1) is 15.5. The van der Waals surface area contributed by atoms with E-state index in [0.29, 0.717) is 60.9 Å². The Balaban J connectivity index is 1.54. The van der Waals surface area contributed by atoms with E-state index in [-0.39, 0.29) is 6.04 Å². The van der Waals surface area contributed by atoms with E-state index in [1.54, 1.807) is 12.3 Å². The summed E-state index contributed by atoms with van der Waals surface area (Å²) in [5.41, 5.74) is 0.241. The van der Waals surface area contributed by atoms with Gasteiger partial charge in [-0.1, -0.05) is 11.8 Å². The highest BCUT2D eigenvalue weighted by molar-refractivity contribution is 5.90. The van der Waals surface area contributed by atoms with Gasteiger partial charge in [0.1, 0.15) is 23.1 Å². The molecule has 3 aliphatic rings. The predicted molar refractivity (Wildman–Crippen MR) is 123 cm³/mol. The zero-order valence-corrected chi connectivity index (χ0v) is 18.2. The van der Waals surface area contributed by atoms with E-state index in [0.717, 1.165) is 25.2 Å². The van der Waals surface area contributed by atoms with E-state index in [9.17, 15) is 5.11 Å². The molecule has 2 bridgehead atoms. The number of fused-ring (bicyclic) bond motifs is 2. The number of nitrogens with zero attached hydrogens (tertiary/aromatic N) is 3. The van der Waals surface area contributed by atoms with Crippen LogP contribution in [0, 0.1) is 17.3 Å². The Morgan fingerprint density at radius 3 is 2.88 bits per heavy atom. The first-order valence-electron chi connectivity index (χ1n) is 11.2. The number of hydrogen-bond donors (Lipinski definition) is 5. The van der Waals surface area contributed by atoms with Crippen LogP contribution in [0.25, 0.3) is 0 Å². The standard InChI is InChI=1S/C23H29N7O2/c1-15-14-32-9-8-30(15)21-10-16(4-6-23(31)11-17-2-3-18(12-23)26-17)19(13-24)22(28-21)27-20-5-7-25-29-20/h5,7,10,13,15,17-18,24,26,31H,2-3,8-9,11-12,14H2,1H3,(H2,25,27,28,29)/t15-,17?,18?,23?/m1/s1. The van der Waals surface area contributed by atoms with E-state index in [1.807, 2.05) is 6.07 Å². The molecule has 5 N–H and O–H groups in total. The van der Waals surface area contributed by atoms with Crippen LogP contribution < -0.4 is 15.5 Å². The minimum Gasteiger partial charge on any atom is -0.377 e. The number of aliphatic hydroxyl groups is 1. The number of rotatable bonds is 4. The van der Waals surface area contributed by atoms with Crippen molar-refractivity contribution in [2.75, 3.05) is 30.0 Å². The number of anilines is 3. The zero-order chi connectivity index (χ0) is 22.1. The van der Waals surface area contributed by atoms with Crippen LogP contribution in [0.5, 0.6) is 0 Å². The Morgan fingerprint density at radius 2 is 2.19 bits per heavy atom. The number of aromatic amines is 1. The summed E-state index contributed by atoms with van der Waals surface area (Å²) in [4.78, 5) is 7.01. The molecule has 0 aliphatic carbocycles. The molecule has 3 saturated heterocycles. The van der Waals surface area contributed by atoms with Gasteiger partial charge >= 0.3 is 0 Å². The van der Waals surface area contributed by atoms with Gasteiger partial charge in [-0.3, -0.25) is 5.10 Å². The van der Waals surface area contributed by atoms with E-state index >= 15 is 0 Å². The SMILES string of the molecule is C[C@@H]1COCCN1c1cc(C#CC2(O)CC3CCC(C2)N3)c(C=N)c(Nc2ccn[nH]2)n1. The first-order valence-corrected chi connectivity index (χ1v) is 11.2. The summed E-state index contributed by atoms with van der Waals surface area (Å²) in [6, 6.07) is 4.56. The number of H-pyrrole nitrogens is 1. The van der Waals surface area contributed by atoms with Crippen molar-refractivity contribution in [3.05, 3.63) is 29.5 Å². The average molecular weight is 436 g/mol. The Hall–Kier alpha value is -2.93. The molecular formula is C23H29N7O2. The van der Waals surface area contributed by atoms with Gasteiger partial charge in [-0.15, -0.1) is 0 Å². The van der Waals surface area contributed by atoms with Gasteiger partial charge in [0, 0.05) is 49.3 Å². The molecule has 32 heavy (non-hydrogen) atoms. The van der Waals surface area contributed by atoms with Crippen molar-refractivity contribution in [3.63, 3.8) is 0 Å². The second-order valence-corrected chi connectivity index (χ2v) is 8.97. The molecule has 2 unspecified atom stereocenters. The van der Waals surface area contributed by atoms with Crippen LogP contribution in [0.4, 0.5) is 17.5 Å². The fraction of sp³-hybridized carbons (Fsp3) is 0.522. The van der Waals surface area contributed by atoms with Crippen LogP contribution in [0.15, 0.2) is 18.3 Å². The molecule has 168 valence electrons. The number of hydrogen-bond acceptors (Lipinski definition) is 8. The van der Waals surface area contributed by atoms with Crippen molar-refractivity contribution in [2.24, 2.45) is 0 Å². The van der Waals surface area contributed by atoms with Gasteiger partial charge < -0.3 is 30.8 Å². The first kappa shape index (κ1) is 20.9. The highest BCUT2D eigenvalue weighted by Gasteiger charge is 2.41. The highest BCUT2D eigenvalue weighted by Crippen LogP contribution is 2.34. The number of nitrogens with one attached hydrogen (secondary N) is 4. The lowest BCUT2D eigenvalue weighted by Gasteiger charge is -2.35. The maximum Gasteiger partial charge on any atom is 0.144 e. The zero-order valence-electron chi connectivity index (χ0n) is 18.2. The smallest absolute Gasteiger partial charge is 0.144 e. The summed E-state index contributed by atoms with van der Waals surface area (Å²) in [6.07, 6.45) is 6.36. The third-order valence-corrected chi connectivity index (χ3v) is 6.54. The quantitative estimate of drug-likeness (QED) is 0.366. The third kappa shape index (κ3) is 4.21. The number of aromatic nitrogens is 3. The van der Waals surface area contributed by atoms with Gasteiger partial charge in [-0.05, 0) is 25.8 Å². The molecule has 3 fully saturated rings. The van der Waals surface area contributed by atoms with Crippen LogP contribution in [0.3, 0.4) is 0 Å². The minimum absolute atomic E-state index is 0.173. The summed E-state index contributed by atoms with van der Waals surface area (Å²) in [7, 11) is 0. The maximum atomic E-state index is 11.2. The minimum atomic E-state index is -1.01. The van der Waals surface area contributed by atoms with E-state index < -0.39 is 5.60 Å². The van der Waals surface area contributed by atoms with Crippen molar-refractivity contribution >= 4 is 23.7 Å². The largest absolute Gasteiger partial charge is 0.377 e. The van der Waals surface area contributed by atoms with Crippen LogP contribution in [0.1, 0.15) is 43.7 Å². The van der Waals surface area contributed by atoms with E-state index in [2.05, 4.69) is 44.5 Å². The normalized spacial score (nSPS) is 29.3. The second-order valence-electron chi connectivity index (χ2n) is 8.97. The Bertz CT molecular complexity index is 1030. The van der Waals surface area contributed by atoms with Crippen molar-refractivity contribution in [2.45, 2.75) is 56.3 Å². The van der Waals surface area contributed by atoms with Gasteiger partial charge in [0.25, 0.3) is 0 Å². The predicted octanol–water partition coefficient (Wildman–Crippen LogP) is 1.77. The summed E-state index contributed by atoms with van der Waals surface area (Å²) in [5.74, 6) is 8.36. The molecule has 0 spiro atoms. The van der Waals surface area contributed by atoms with Gasteiger partial charge in [0.2, 0.25) is 0 Å². The number of pyridine rings is 1. The Labute approximate surface area is 187 Å². The molecule has 9 nitrogen and oxygen atoms in total. The molecule has 5 rings (SSSR count). The molecule has 9 heteroatoms. The van der Waals surface area contributed by atoms with Crippen LogP contribution in [0.2, 0.25) is 0 Å². The summed E-state index contributed by atoms with van der Waals surface area (Å²) < 4.78 is 5.59. The van der Waals surface area contributed by atoms with Crippen molar-refractivity contribution in [3.8, 4) is 11.8 Å². The Kier molecular flexibility index (Phi) is 5.59. The third-order valence-electron chi connectivity index (χ3n) is 6.54. The van der Waals surface area contributed by atoms with Crippen LogP contribution in [-0.2, 0) is 4.74 Å². The fourth-order valence-corrected chi connectivity index (χ4v) is 4.96. The molecule has 0 radical (unpaired) electrons. The van der Waals surface area contributed by atoms with Crippen LogP contribution in [-0.4, -0.2) is 70.0 Å². The number of morpholine rings is 1. The lowest BCUT2D eigenvalue weighted by Crippen LogP contribution is -2.47. The molecule has 2 aromatic rings. The van der Waals surface area contributed by atoms with Crippen molar-refractivity contribution in [1.82, 2.24) is 20.5 Å². The average Bonchev–Trinajstić information content (AvgIpc) is 3.41. The monoisotopic (exact) mass is 435 g/mol. The Morgan fingerprint density at radius 1 is 1.38 bits per heavy atom. The van der Waals surface area contributed by atoms with Crippen molar-refractivity contribution in [1.29, 1.82) is 5.41 Å². The lowest BCUT2D eigenvalue weighted by atomic mass is 9.88. The molecule has 0 saturated carbocycles. The summed E-state index contributed by atoms with van der Waals surface area (Å²) >= 11 is 0. The topological polar surface area (TPSA) is 122 Å². The summed E-state index contributed by atoms with van der Waals surface area (Å²) in [6.45, 7) is 4.10. The van der Waals surface area contributed by atoms with Crippen molar-refractivity contribution < 1.29 is 9.84 Å². The molecule has 3 aliphatic heterocycles. The second kappa shape index (κ2) is 8.54. The molecule has 2 aromatic heterocycles. The number of ether oxygens (including phenoxy) is 1. The highest BCUT2D eigenvalue weighted by atomic mass is 16.5.